The molecular formula is C8H16N2. The molecule has 0 aliphatic heterocycles. The second-order valence-electron chi connectivity index (χ2n) is 2.53. The first-order chi connectivity index (χ1) is 4.81. The molecule has 0 aromatic rings. The van der Waals surface area contributed by atoms with E-state index in [9.17, 15) is 0 Å². The van der Waals surface area contributed by atoms with Gasteiger partial charge in [-0.2, -0.15) is 5.26 Å². The lowest BCUT2D eigenvalue weighted by Gasteiger charge is -2.01. The van der Waals surface area contributed by atoms with E-state index < -0.39 is 0 Å². The molecule has 0 aliphatic carbocycles. The Labute approximate surface area is 63.2 Å². The lowest BCUT2D eigenvalue weighted by atomic mass is 10.1. The standard InChI is InChI=1S/C8H16N2/c1-3-10-6-4-5-8(2)7-9/h8,10H,3-6H2,1-2H3. The third-order valence-electron chi connectivity index (χ3n) is 1.46. The van der Waals surface area contributed by atoms with Crippen molar-refractivity contribution in [2.24, 2.45) is 5.92 Å². The van der Waals surface area contributed by atoms with Gasteiger partial charge in [-0.05, 0) is 32.9 Å². The van der Waals surface area contributed by atoms with E-state index in [4.69, 9.17) is 5.26 Å². The second-order valence-corrected chi connectivity index (χ2v) is 2.53. The number of nitrogens with zero attached hydrogens (tertiary/aromatic N) is 1. The van der Waals surface area contributed by atoms with Crippen molar-refractivity contribution in [2.75, 3.05) is 13.1 Å². The highest BCUT2D eigenvalue weighted by molar-refractivity contribution is 4.77. The summed E-state index contributed by atoms with van der Waals surface area (Å²) in [6.07, 6.45) is 2.13. The first-order valence-electron chi connectivity index (χ1n) is 3.91. The van der Waals surface area contributed by atoms with Gasteiger partial charge in [0.1, 0.15) is 0 Å². The highest BCUT2D eigenvalue weighted by atomic mass is 14.8. The van der Waals surface area contributed by atoms with Crippen molar-refractivity contribution < 1.29 is 0 Å². The van der Waals surface area contributed by atoms with E-state index in [0.29, 0.717) is 0 Å². The highest BCUT2D eigenvalue weighted by Gasteiger charge is 1.96. The van der Waals surface area contributed by atoms with Crippen LogP contribution in [-0.2, 0) is 0 Å². The summed E-state index contributed by atoms with van der Waals surface area (Å²) < 4.78 is 0. The first kappa shape index (κ1) is 9.45. The predicted octanol–water partition coefficient (Wildman–Crippen LogP) is 1.54. The van der Waals surface area contributed by atoms with Crippen LogP contribution >= 0.6 is 0 Å². The molecule has 1 atom stereocenters. The summed E-state index contributed by atoms with van der Waals surface area (Å²) in [7, 11) is 0. The minimum absolute atomic E-state index is 0.221. The van der Waals surface area contributed by atoms with Gasteiger partial charge in [0.2, 0.25) is 0 Å². The van der Waals surface area contributed by atoms with Crippen LogP contribution in [0, 0.1) is 17.2 Å². The highest BCUT2D eigenvalue weighted by Crippen LogP contribution is 2.01. The lowest BCUT2D eigenvalue weighted by molar-refractivity contribution is 0.577. The Kier molecular flexibility index (Phi) is 6.21. The number of rotatable bonds is 5. The molecule has 0 aliphatic rings. The Morgan fingerprint density at radius 3 is 2.80 bits per heavy atom. The van der Waals surface area contributed by atoms with Gasteiger partial charge in [-0.1, -0.05) is 6.92 Å². The zero-order valence-corrected chi connectivity index (χ0v) is 6.85. The van der Waals surface area contributed by atoms with Crippen molar-refractivity contribution in [3.05, 3.63) is 0 Å². The summed E-state index contributed by atoms with van der Waals surface area (Å²) in [6, 6.07) is 2.21. The molecular weight excluding hydrogens is 124 g/mol. The van der Waals surface area contributed by atoms with Crippen molar-refractivity contribution in [2.45, 2.75) is 26.7 Å². The fourth-order valence-electron chi connectivity index (χ4n) is 0.775. The summed E-state index contributed by atoms with van der Waals surface area (Å²) >= 11 is 0. The fraction of sp³-hybridized carbons (Fsp3) is 0.875. The van der Waals surface area contributed by atoms with Gasteiger partial charge in [-0.25, -0.2) is 0 Å². The van der Waals surface area contributed by atoms with E-state index >= 15 is 0 Å². The molecule has 2 heteroatoms. The van der Waals surface area contributed by atoms with Gasteiger partial charge in [-0.15, -0.1) is 0 Å². The third-order valence-corrected chi connectivity index (χ3v) is 1.46. The molecule has 0 saturated carbocycles. The van der Waals surface area contributed by atoms with Crippen molar-refractivity contribution >= 4 is 0 Å². The number of hydrogen-bond donors (Lipinski definition) is 1. The van der Waals surface area contributed by atoms with Crippen LogP contribution in [0.2, 0.25) is 0 Å². The zero-order chi connectivity index (χ0) is 7.82. The lowest BCUT2D eigenvalue weighted by Crippen LogP contribution is -2.14. The van der Waals surface area contributed by atoms with Crippen LogP contribution in [0.3, 0.4) is 0 Å². The molecule has 0 heterocycles. The first-order valence-corrected chi connectivity index (χ1v) is 3.91. The maximum absolute atomic E-state index is 8.42. The van der Waals surface area contributed by atoms with E-state index in [1.54, 1.807) is 0 Å². The Balaban J connectivity index is 2.98. The van der Waals surface area contributed by atoms with Gasteiger partial charge in [0, 0.05) is 5.92 Å². The molecule has 0 spiro atoms. The molecule has 10 heavy (non-hydrogen) atoms. The smallest absolute Gasteiger partial charge is 0.0652 e. The van der Waals surface area contributed by atoms with Crippen LogP contribution in [0.4, 0.5) is 0 Å². The quantitative estimate of drug-likeness (QED) is 0.588. The summed E-state index contributed by atoms with van der Waals surface area (Å²) in [5.41, 5.74) is 0. The van der Waals surface area contributed by atoms with Crippen LogP contribution in [0.25, 0.3) is 0 Å². The van der Waals surface area contributed by atoms with E-state index in [1.165, 1.54) is 0 Å². The van der Waals surface area contributed by atoms with Crippen LogP contribution in [0.15, 0.2) is 0 Å². The van der Waals surface area contributed by atoms with Crippen molar-refractivity contribution in [1.82, 2.24) is 5.32 Å². The molecule has 0 aromatic heterocycles. The van der Waals surface area contributed by atoms with E-state index in [0.717, 1.165) is 25.9 Å². The number of hydrogen-bond acceptors (Lipinski definition) is 2. The van der Waals surface area contributed by atoms with Crippen LogP contribution < -0.4 is 5.32 Å². The van der Waals surface area contributed by atoms with Gasteiger partial charge in [0.15, 0.2) is 0 Å². The summed E-state index contributed by atoms with van der Waals surface area (Å²) in [6.45, 7) is 6.13. The minimum Gasteiger partial charge on any atom is -0.317 e. The van der Waals surface area contributed by atoms with Gasteiger partial charge in [0.25, 0.3) is 0 Å². The van der Waals surface area contributed by atoms with Crippen molar-refractivity contribution in [1.29, 1.82) is 5.26 Å². The molecule has 0 radical (unpaired) electrons. The second kappa shape index (κ2) is 6.57. The summed E-state index contributed by atoms with van der Waals surface area (Å²) in [4.78, 5) is 0. The van der Waals surface area contributed by atoms with Gasteiger partial charge in [-0.3, -0.25) is 0 Å². The van der Waals surface area contributed by atoms with Gasteiger partial charge >= 0.3 is 0 Å². The van der Waals surface area contributed by atoms with Gasteiger partial charge in [0.05, 0.1) is 6.07 Å². The number of nitriles is 1. The average molecular weight is 140 g/mol. The molecule has 0 aromatic carbocycles. The van der Waals surface area contributed by atoms with Crippen LogP contribution in [-0.4, -0.2) is 13.1 Å². The molecule has 2 nitrogen and oxygen atoms in total. The van der Waals surface area contributed by atoms with Crippen molar-refractivity contribution in [3.63, 3.8) is 0 Å². The van der Waals surface area contributed by atoms with E-state index in [-0.39, 0.29) is 5.92 Å². The minimum atomic E-state index is 0.221. The van der Waals surface area contributed by atoms with Gasteiger partial charge < -0.3 is 5.32 Å². The monoisotopic (exact) mass is 140 g/mol. The maximum Gasteiger partial charge on any atom is 0.0652 e. The van der Waals surface area contributed by atoms with Crippen LogP contribution in [0.1, 0.15) is 26.7 Å². The maximum atomic E-state index is 8.42. The molecule has 0 amide bonds. The predicted molar refractivity (Wildman–Crippen MR) is 42.6 cm³/mol. The van der Waals surface area contributed by atoms with Crippen LogP contribution in [0.5, 0.6) is 0 Å². The third kappa shape index (κ3) is 5.58. The average Bonchev–Trinajstić information content (AvgIpc) is 1.98. The van der Waals surface area contributed by atoms with E-state index in [2.05, 4.69) is 18.3 Å². The molecule has 1 N–H and O–H groups in total. The molecule has 0 bridgehead atoms. The fourth-order valence-corrected chi connectivity index (χ4v) is 0.775. The molecule has 0 fully saturated rings. The Morgan fingerprint density at radius 1 is 1.60 bits per heavy atom. The summed E-state index contributed by atoms with van der Waals surface area (Å²) in [5, 5.41) is 11.6. The normalized spacial score (nSPS) is 12.5. The number of nitrogens with one attached hydrogen (secondary N) is 1. The molecule has 1 unspecified atom stereocenters. The topological polar surface area (TPSA) is 35.8 Å². The molecule has 58 valence electrons. The molecule has 0 saturated heterocycles. The largest absolute Gasteiger partial charge is 0.317 e. The Bertz CT molecular complexity index is 104. The summed E-state index contributed by atoms with van der Waals surface area (Å²) in [5.74, 6) is 0.221. The SMILES string of the molecule is CCNCCCC(C)C#N. The zero-order valence-electron chi connectivity index (χ0n) is 6.85. The van der Waals surface area contributed by atoms with Crippen molar-refractivity contribution in [3.8, 4) is 6.07 Å². The Hall–Kier alpha value is -0.550. The molecule has 0 rings (SSSR count). The van der Waals surface area contributed by atoms with E-state index in [1.807, 2.05) is 6.92 Å². The Morgan fingerprint density at radius 2 is 2.30 bits per heavy atom.